The fraction of sp³-hybridized carbons (Fsp3) is 0.357. The first-order chi connectivity index (χ1) is 9.01. The Morgan fingerprint density at radius 3 is 2.74 bits per heavy atom. The third-order valence-electron chi connectivity index (χ3n) is 3.19. The summed E-state index contributed by atoms with van der Waals surface area (Å²) in [7, 11) is 4.00. The van der Waals surface area contributed by atoms with E-state index < -0.39 is 0 Å². The summed E-state index contributed by atoms with van der Waals surface area (Å²) in [4.78, 5) is 0. The maximum Gasteiger partial charge on any atom is 0.0596 e. The first-order valence-electron chi connectivity index (χ1n) is 6.13. The monoisotopic (exact) mass is 433 g/mol. The lowest BCUT2D eigenvalue weighted by Gasteiger charge is -2.18. The molecule has 102 valence electrons. The topological polar surface area (TPSA) is 29.9 Å². The molecule has 0 amide bonds. The van der Waals surface area contributed by atoms with Crippen LogP contribution in [0.4, 0.5) is 0 Å². The molecule has 1 atom stereocenters. The molecular weight excluding hydrogens is 417 g/mol. The highest BCUT2D eigenvalue weighted by molar-refractivity contribution is 14.1. The van der Waals surface area contributed by atoms with Crippen LogP contribution in [0.5, 0.6) is 0 Å². The first-order valence-corrected chi connectivity index (χ1v) is 8.00. The van der Waals surface area contributed by atoms with Crippen molar-refractivity contribution in [1.29, 1.82) is 0 Å². The minimum absolute atomic E-state index is 0.277. The standard InChI is InChI=1S/C14H17BrIN3/c1-9-6-11(19(3)18-9)8-14(17-2)12-7-10(16)4-5-13(12)15/h4-7,14,17H,8H2,1-3H3. The molecule has 5 heteroatoms. The van der Waals surface area contributed by atoms with Crippen LogP contribution in [-0.2, 0) is 13.5 Å². The Hall–Kier alpha value is -0.400. The number of aromatic nitrogens is 2. The maximum absolute atomic E-state index is 4.41. The summed E-state index contributed by atoms with van der Waals surface area (Å²) in [6.07, 6.45) is 0.923. The minimum atomic E-state index is 0.277. The van der Waals surface area contributed by atoms with Crippen molar-refractivity contribution in [3.8, 4) is 0 Å². The van der Waals surface area contributed by atoms with Gasteiger partial charge in [-0.25, -0.2) is 0 Å². The molecule has 1 N–H and O–H groups in total. The molecule has 0 radical (unpaired) electrons. The van der Waals surface area contributed by atoms with Crippen molar-refractivity contribution in [1.82, 2.24) is 15.1 Å². The zero-order chi connectivity index (χ0) is 14.0. The summed E-state index contributed by atoms with van der Waals surface area (Å²) < 4.78 is 4.35. The Morgan fingerprint density at radius 1 is 1.42 bits per heavy atom. The summed E-state index contributed by atoms with van der Waals surface area (Å²) >= 11 is 5.99. The number of nitrogens with one attached hydrogen (secondary N) is 1. The van der Waals surface area contributed by atoms with Gasteiger partial charge in [-0.1, -0.05) is 15.9 Å². The molecule has 0 saturated heterocycles. The van der Waals surface area contributed by atoms with Crippen LogP contribution in [0, 0.1) is 10.5 Å². The lowest BCUT2D eigenvalue weighted by atomic mass is 10.0. The molecular formula is C14H17BrIN3. The summed E-state index contributed by atoms with van der Waals surface area (Å²) in [5, 5.41) is 7.80. The quantitative estimate of drug-likeness (QED) is 0.746. The third kappa shape index (κ3) is 3.58. The Kier molecular flexibility index (Phi) is 5.03. The molecule has 1 aromatic carbocycles. The van der Waals surface area contributed by atoms with E-state index in [0.717, 1.165) is 16.6 Å². The zero-order valence-corrected chi connectivity index (χ0v) is 15.0. The molecule has 0 spiro atoms. The van der Waals surface area contributed by atoms with Gasteiger partial charge in [0.1, 0.15) is 0 Å². The molecule has 1 aromatic heterocycles. The predicted octanol–water partition coefficient (Wildman–Crippen LogP) is 3.60. The molecule has 0 aliphatic heterocycles. The van der Waals surface area contributed by atoms with Gasteiger partial charge in [-0.3, -0.25) is 4.68 Å². The highest BCUT2D eigenvalue weighted by Crippen LogP contribution is 2.27. The van der Waals surface area contributed by atoms with Crippen LogP contribution in [0.2, 0.25) is 0 Å². The third-order valence-corrected chi connectivity index (χ3v) is 4.59. The van der Waals surface area contributed by atoms with E-state index >= 15 is 0 Å². The number of hydrogen-bond donors (Lipinski definition) is 1. The van der Waals surface area contributed by atoms with Gasteiger partial charge in [0, 0.05) is 33.2 Å². The molecule has 0 bridgehead atoms. The van der Waals surface area contributed by atoms with Crippen molar-refractivity contribution >= 4 is 38.5 Å². The smallest absolute Gasteiger partial charge is 0.0596 e. The average molecular weight is 434 g/mol. The molecule has 0 aliphatic rings. The lowest BCUT2D eigenvalue weighted by Crippen LogP contribution is -2.20. The van der Waals surface area contributed by atoms with Gasteiger partial charge in [0.25, 0.3) is 0 Å². The second-order valence-electron chi connectivity index (χ2n) is 4.61. The summed E-state index contributed by atoms with van der Waals surface area (Å²) in [5.74, 6) is 0. The predicted molar refractivity (Wildman–Crippen MR) is 90.3 cm³/mol. The molecule has 2 aromatic rings. The number of rotatable bonds is 4. The van der Waals surface area contributed by atoms with E-state index in [0.29, 0.717) is 0 Å². The molecule has 2 rings (SSSR count). The summed E-state index contributed by atoms with van der Waals surface area (Å²) in [5.41, 5.74) is 3.59. The van der Waals surface area contributed by atoms with E-state index in [1.807, 2.05) is 25.7 Å². The van der Waals surface area contributed by atoms with Gasteiger partial charge < -0.3 is 5.32 Å². The number of nitrogens with zero attached hydrogens (tertiary/aromatic N) is 2. The van der Waals surface area contributed by atoms with E-state index in [2.05, 4.69) is 73.2 Å². The van der Waals surface area contributed by atoms with E-state index in [4.69, 9.17) is 0 Å². The highest BCUT2D eigenvalue weighted by Gasteiger charge is 2.16. The zero-order valence-electron chi connectivity index (χ0n) is 11.2. The van der Waals surface area contributed by atoms with Crippen LogP contribution in [0.1, 0.15) is 23.0 Å². The van der Waals surface area contributed by atoms with Crippen LogP contribution in [-0.4, -0.2) is 16.8 Å². The fourth-order valence-corrected chi connectivity index (χ4v) is 3.25. The first kappa shape index (κ1) is 15.0. The van der Waals surface area contributed by atoms with Gasteiger partial charge in [-0.2, -0.15) is 5.10 Å². The van der Waals surface area contributed by atoms with Crippen molar-refractivity contribution in [2.24, 2.45) is 7.05 Å². The van der Waals surface area contributed by atoms with Crippen molar-refractivity contribution < 1.29 is 0 Å². The number of hydrogen-bond acceptors (Lipinski definition) is 2. The largest absolute Gasteiger partial charge is 0.313 e. The van der Waals surface area contributed by atoms with Crippen LogP contribution < -0.4 is 5.32 Å². The van der Waals surface area contributed by atoms with E-state index in [9.17, 15) is 0 Å². The van der Waals surface area contributed by atoms with Crippen molar-refractivity contribution in [2.75, 3.05) is 7.05 Å². The average Bonchev–Trinajstić information content (AvgIpc) is 2.68. The lowest BCUT2D eigenvalue weighted by molar-refractivity contribution is 0.559. The van der Waals surface area contributed by atoms with Crippen molar-refractivity contribution in [3.05, 3.63) is 49.3 Å². The summed E-state index contributed by atoms with van der Waals surface area (Å²) in [6.45, 7) is 2.03. The van der Waals surface area contributed by atoms with Gasteiger partial charge in [0.2, 0.25) is 0 Å². The highest BCUT2D eigenvalue weighted by atomic mass is 127. The normalized spacial score (nSPS) is 12.7. The number of likely N-dealkylation sites (N-methyl/N-ethyl adjacent to an activating group) is 1. The molecule has 0 aliphatic carbocycles. The minimum Gasteiger partial charge on any atom is -0.313 e. The van der Waals surface area contributed by atoms with Crippen LogP contribution >= 0.6 is 38.5 Å². The molecule has 19 heavy (non-hydrogen) atoms. The van der Waals surface area contributed by atoms with E-state index in [1.54, 1.807) is 0 Å². The Labute approximate surface area is 136 Å². The second-order valence-corrected chi connectivity index (χ2v) is 6.71. The van der Waals surface area contributed by atoms with Crippen LogP contribution in [0.3, 0.4) is 0 Å². The van der Waals surface area contributed by atoms with Gasteiger partial charge >= 0.3 is 0 Å². The molecule has 1 unspecified atom stereocenters. The molecule has 3 nitrogen and oxygen atoms in total. The van der Waals surface area contributed by atoms with Crippen LogP contribution in [0.15, 0.2) is 28.7 Å². The van der Waals surface area contributed by atoms with Gasteiger partial charge in [0.05, 0.1) is 5.69 Å². The van der Waals surface area contributed by atoms with Gasteiger partial charge in [0.15, 0.2) is 0 Å². The van der Waals surface area contributed by atoms with Crippen molar-refractivity contribution in [2.45, 2.75) is 19.4 Å². The number of halogens is 2. The van der Waals surface area contributed by atoms with Crippen LogP contribution in [0.25, 0.3) is 0 Å². The number of benzene rings is 1. The van der Waals surface area contributed by atoms with Gasteiger partial charge in [-0.15, -0.1) is 0 Å². The Balaban J connectivity index is 2.30. The summed E-state index contributed by atoms with van der Waals surface area (Å²) in [6, 6.07) is 8.85. The SMILES string of the molecule is CNC(Cc1cc(C)nn1C)c1cc(I)ccc1Br. The van der Waals surface area contributed by atoms with E-state index in [-0.39, 0.29) is 6.04 Å². The molecule has 0 fully saturated rings. The Bertz CT molecular complexity index is 580. The fourth-order valence-electron chi connectivity index (χ4n) is 2.21. The van der Waals surface area contributed by atoms with Gasteiger partial charge in [-0.05, 0) is 66.4 Å². The van der Waals surface area contributed by atoms with E-state index in [1.165, 1.54) is 14.8 Å². The number of aryl methyl sites for hydroxylation is 2. The van der Waals surface area contributed by atoms with Crippen molar-refractivity contribution in [3.63, 3.8) is 0 Å². The second kappa shape index (κ2) is 6.37. The maximum atomic E-state index is 4.41. The molecule has 0 saturated carbocycles. The molecule has 1 heterocycles. The Morgan fingerprint density at radius 2 is 2.16 bits per heavy atom.